The summed E-state index contributed by atoms with van der Waals surface area (Å²) in [6.07, 6.45) is 4.15. The lowest BCUT2D eigenvalue weighted by atomic mass is 9.71. The second-order valence-electron chi connectivity index (χ2n) is 7.63. The molecule has 0 aromatic carbocycles. The van der Waals surface area contributed by atoms with Crippen molar-refractivity contribution in [3.8, 4) is 0 Å². The molecule has 2 unspecified atom stereocenters. The Morgan fingerprint density at radius 2 is 2.19 bits per heavy atom. The highest BCUT2D eigenvalue weighted by atomic mass is 16.6. The Balaban J connectivity index is 1.42. The minimum atomic E-state index is -0.376. The van der Waals surface area contributed by atoms with Crippen molar-refractivity contribution in [1.82, 2.24) is 20.5 Å². The van der Waals surface area contributed by atoms with Gasteiger partial charge >= 0.3 is 6.09 Å². The number of hydrogen-bond acceptors (Lipinski definition) is 5. The molecule has 4 heterocycles. The highest BCUT2D eigenvalue weighted by Crippen LogP contribution is 2.40. The van der Waals surface area contributed by atoms with Gasteiger partial charge < -0.3 is 20.3 Å². The summed E-state index contributed by atoms with van der Waals surface area (Å²) < 4.78 is 5.74. The lowest BCUT2D eigenvalue weighted by molar-refractivity contribution is -0.0478. The summed E-state index contributed by atoms with van der Waals surface area (Å²) in [5.41, 5.74) is 1.09. The molecule has 4 rings (SSSR count). The SMILES string of the molecule is Cc1ncccc1C(=O)N1CCC(C2CNCCC23CNC(=O)O3)CC1. The van der Waals surface area contributed by atoms with Crippen LogP contribution in [-0.2, 0) is 4.74 Å². The molecule has 140 valence electrons. The first kappa shape index (κ1) is 17.3. The highest BCUT2D eigenvalue weighted by molar-refractivity contribution is 5.95. The minimum Gasteiger partial charge on any atom is -0.441 e. The molecule has 2 N–H and O–H groups in total. The lowest BCUT2D eigenvalue weighted by Gasteiger charge is -2.45. The molecular weight excluding hydrogens is 332 g/mol. The molecule has 1 aromatic rings. The van der Waals surface area contributed by atoms with E-state index in [0.29, 0.717) is 23.9 Å². The Kier molecular flexibility index (Phi) is 4.56. The van der Waals surface area contributed by atoms with E-state index in [0.717, 1.165) is 51.1 Å². The monoisotopic (exact) mass is 358 g/mol. The van der Waals surface area contributed by atoms with E-state index in [2.05, 4.69) is 15.6 Å². The number of rotatable bonds is 2. The van der Waals surface area contributed by atoms with E-state index in [-0.39, 0.29) is 17.6 Å². The molecule has 2 atom stereocenters. The number of aromatic nitrogens is 1. The number of ether oxygens (including phenoxy) is 1. The number of alkyl carbamates (subject to hydrolysis) is 1. The topological polar surface area (TPSA) is 83.6 Å². The maximum Gasteiger partial charge on any atom is 0.407 e. The summed E-state index contributed by atoms with van der Waals surface area (Å²) in [6, 6.07) is 3.66. The highest BCUT2D eigenvalue weighted by Gasteiger charge is 2.51. The third-order valence-corrected chi connectivity index (χ3v) is 6.23. The van der Waals surface area contributed by atoms with Gasteiger partial charge in [-0.25, -0.2) is 4.79 Å². The zero-order valence-corrected chi connectivity index (χ0v) is 15.2. The van der Waals surface area contributed by atoms with Crippen LogP contribution in [0, 0.1) is 18.8 Å². The van der Waals surface area contributed by atoms with Crippen LogP contribution < -0.4 is 10.6 Å². The van der Waals surface area contributed by atoms with Crippen molar-refractivity contribution in [3.63, 3.8) is 0 Å². The van der Waals surface area contributed by atoms with Crippen LogP contribution in [0.5, 0.6) is 0 Å². The van der Waals surface area contributed by atoms with Gasteiger partial charge in [0.05, 0.1) is 12.1 Å². The van der Waals surface area contributed by atoms with Crippen LogP contribution in [0.25, 0.3) is 0 Å². The summed E-state index contributed by atoms with van der Waals surface area (Å²) in [7, 11) is 0. The fourth-order valence-electron chi connectivity index (χ4n) is 4.74. The molecule has 0 saturated carbocycles. The van der Waals surface area contributed by atoms with Crippen molar-refractivity contribution in [3.05, 3.63) is 29.6 Å². The van der Waals surface area contributed by atoms with Gasteiger partial charge in [-0.05, 0) is 44.4 Å². The average molecular weight is 358 g/mol. The third-order valence-electron chi connectivity index (χ3n) is 6.23. The number of likely N-dealkylation sites (tertiary alicyclic amines) is 1. The molecule has 7 nitrogen and oxygen atoms in total. The van der Waals surface area contributed by atoms with Crippen LogP contribution in [-0.4, -0.2) is 60.2 Å². The smallest absolute Gasteiger partial charge is 0.407 e. The van der Waals surface area contributed by atoms with E-state index in [1.54, 1.807) is 6.20 Å². The summed E-state index contributed by atoms with van der Waals surface area (Å²) in [6.45, 7) is 5.71. The third kappa shape index (κ3) is 3.05. The normalized spacial score (nSPS) is 29.5. The number of nitrogens with one attached hydrogen (secondary N) is 2. The average Bonchev–Trinajstić information content (AvgIpc) is 3.03. The van der Waals surface area contributed by atoms with Gasteiger partial charge in [0.2, 0.25) is 0 Å². The number of nitrogens with zero attached hydrogens (tertiary/aromatic N) is 2. The number of piperidine rings is 2. The van der Waals surface area contributed by atoms with Gasteiger partial charge in [0.1, 0.15) is 5.60 Å². The predicted octanol–water partition coefficient (Wildman–Crippen LogP) is 1.33. The maximum atomic E-state index is 12.8. The van der Waals surface area contributed by atoms with Gasteiger partial charge in [0, 0.05) is 43.9 Å². The van der Waals surface area contributed by atoms with Crippen molar-refractivity contribution in [2.24, 2.45) is 11.8 Å². The van der Waals surface area contributed by atoms with E-state index in [4.69, 9.17) is 4.74 Å². The van der Waals surface area contributed by atoms with E-state index in [1.807, 2.05) is 24.0 Å². The van der Waals surface area contributed by atoms with Crippen molar-refractivity contribution >= 4 is 12.0 Å². The quantitative estimate of drug-likeness (QED) is 0.833. The number of carbonyl (C=O) groups excluding carboxylic acids is 2. The first-order valence-corrected chi connectivity index (χ1v) is 9.47. The molecule has 2 amide bonds. The Morgan fingerprint density at radius 3 is 2.88 bits per heavy atom. The molecule has 0 radical (unpaired) electrons. The van der Waals surface area contributed by atoms with E-state index in [1.165, 1.54) is 0 Å². The zero-order valence-electron chi connectivity index (χ0n) is 15.2. The van der Waals surface area contributed by atoms with Crippen LogP contribution in [0.4, 0.5) is 4.79 Å². The van der Waals surface area contributed by atoms with Gasteiger partial charge in [-0.3, -0.25) is 9.78 Å². The fourth-order valence-corrected chi connectivity index (χ4v) is 4.74. The van der Waals surface area contributed by atoms with Gasteiger partial charge in [0.25, 0.3) is 5.91 Å². The molecule has 0 aliphatic carbocycles. The van der Waals surface area contributed by atoms with Gasteiger partial charge in [0.15, 0.2) is 0 Å². The van der Waals surface area contributed by atoms with Crippen LogP contribution in [0.3, 0.4) is 0 Å². The Labute approximate surface area is 153 Å². The largest absolute Gasteiger partial charge is 0.441 e. The number of carbonyl (C=O) groups is 2. The first-order chi connectivity index (χ1) is 12.6. The van der Waals surface area contributed by atoms with E-state index in [9.17, 15) is 9.59 Å². The van der Waals surface area contributed by atoms with Gasteiger partial charge in [-0.15, -0.1) is 0 Å². The Hall–Kier alpha value is -2.15. The molecular formula is C19H26N4O3. The summed E-state index contributed by atoms with van der Waals surface area (Å²) in [4.78, 5) is 30.6. The molecule has 3 fully saturated rings. The standard InChI is InChI=1S/C19H26N4O3/c1-13-15(3-2-7-21-13)17(24)23-9-4-14(5-10-23)16-11-20-8-6-19(16)12-22-18(25)26-19/h2-3,7,14,16,20H,4-6,8-12H2,1H3,(H,22,25). The van der Waals surface area contributed by atoms with Gasteiger partial charge in [-0.1, -0.05) is 0 Å². The molecule has 1 spiro atoms. The van der Waals surface area contributed by atoms with Crippen LogP contribution in [0.1, 0.15) is 35.3 Å². The van der Waals surface area contributed by atoms with E-state index >= 15 is 0 Å². The van der Waals surface area contributed by atoms with Crippen LogP contribution in [0.15, 0.2) is 18.3 Å². The van der Waals surface area contributed by atoms with Crippen molar-refractivity contribution in [1.29, 1.82) is 0 Å². The van der Waals surface area contributed by atoms with Crippen LogP contribution >= 0.6 is 0 Å². The predicted molar refractivity (Wildman–Crippen MR) is 95.8 cm³/mol. The first-order valence-electron chi connectivity index (χ1n) is 9.47. The Morgan fingerprint density at radius 1 is 1.38 bits per heavy atom. The second-order valence-corrected chi connectivity index (χ2v) is 7.63. The van der Waals surface area contributed by atoms with Crippen molar-refractivity contribution in [2.75, 3.05) is 32.7 Å². The lowest BCUT2D eigenvalue weighted by Crippen LogP contribution is -2.56. The number of pyridine rings is 1. The molecule has 3 aliphatic rings. The molecule has 1 aromatic heterocycles. The Bertz CT molecular complexity index is 702. The summed E-state index contributed by atoms with van der Waals surface area (Å²) >= 11 is 0. The van der Waals surface area contributed by atoms with Crippen LogP contribution in [0.2, 0.25) is 0 Å². The molecule has 7 heteroatoms. The molecule has 3 saturated heterocycles. The number of hydrogen-bond donors (Lipinski definition) is 2. The van der Waals surface area contributed by atoms with Crippen molar-refractivity contribution < 1.29 is 14.3 Å². The number of aryl methyl sites for hydroxylation is 1. The second kappa shape index (κ2) is 6.87. The zero-order chi connectivity index (χ0) is 18.1. The minimum absolute atomic E-state index is 0.0690. The maximum absolute atomic E-state index is 12.8. The van der Waals surface area contributed by atoms with Crippen molar-refractivity contribution in [2.45, 2.75) is 31.8 Å². The molecule has 0 bridgehead atoms. The molecule has 3 aliphatic heterocycles. The number of amides is 2. The fraction of sp³-hybridized carbons (Fsp3) is 0.632. The summed E-state index contributed by atoms with van der Waals surface area (Å²) in [5.74, 6) is 0.821. The van der Waals surface area contributed by atoms with Gasteiger partial charge in [-0.2, -0.15) is 0 Å². The van der Waals surface area contributed by atoms with E-state index < -0.39 is 0 Å². The summed E-state index contributed by atoms with van der Waals surface area (Å²) in [5, 5.41) is 6.30. The molecule has 26 heavy (non-hydrogen) atoms.